The van der Waals surface area contributed by atoms with Crippen molar-refractivity contribution in [2.45, 2.75) is 52.0 Å². The van der Waals surface area contributed by atoms with E-state index in [9.17, 15) is 9.67 Å². The number of hydrogen-bond acceptors (Lipinski definition) is 4. The van der Waals surface area contributed by atoms with Crippen molar-refractivity contribution >= 4 is 30.0 Å². The van der Waals surface area contributed by atoms with Gasteiger partial charge in [-0.25, -0.2) is 0 Å². The van der Waals surface area contributed by atoms with Gasteiger partial charge in [0, 0.05) is 30.1 Å². The third kappa shape index (κ3) is 5.54. The average molecular weight is 464 g/mol. The van der Waals surface area contributed by atoms with Crippen LogP contribution in [0.2, 0.25) is 5.02 Å². The first-order chi connectivity index (χ1) is 14.6. The molecule has 1 saturated carbocycles. The van der Waals surface area contributed by atoms with Gasteiger partial charge in [-0.15, -0.1) is 0 Å². The van der Waals surface area contributed by atoms with E-state index in [1.54, 1.807) is 24.3 Å². The lowest BCUT2D eigenvalue weighted by molar-refractivity contribution is 0.0427. The van der Waals surface area contributed by atoms with Gasteiger partial charge in [0.05, 0.1) is 6.10 Å². The van der Waals surface area contributed by atoms with Crippen molar-refractivity contribution in [1.29, 1.82) is 0 Å². The van der Waals surface area contributed by atoms with Gasteiger partial charge in [-0.2, -0.15) is 0 Å². The Morgan fingerprint density at radius 3 is 2.23 bits per heavy atom. The third-order valence-corrected chi connectivity index (χ3v) is 9.27. The number of aliphatic hydroxyl groups is 1. The summed E-state index contributed by atoms with van der Waals surface area (Å²) in [6, 6.07) is 14.4. The van der Waals surface area contributed by atoms with E-state index in [1.807, 2.05) is 43.3 Å². The number of hydrogen-bond donors (Lipinski definition) is 1. The Balaban J connectivity index is 2.02. The predicted octanol–water partition coefficient (Wildman–Crippen LogP) is 6.48. The summed E-state index contributed by atoms with van der Waals surface area (Å²) in [6.07, 6.45) is 2.92. The zero-order valence-electron chi connectivity index (χ0n) is 19.2. The van der Waals surface area contributed by atoms with Crippen LogP contribution in [0.1, 0.15) is 51.4 Å². The second-order valence-electron chi connectivity index (χ2n) is 9.40. The molecule has 0 amide bonds. The van der Waals surface area contributed by atoms with Crippen molar-refractivity contribution in [3.05, 3.63) is 59.1 Å². The van der Waals surface area contributed by atoms with Crippen LogP contribution in [-0.4, -0.2) is 25.3 Å². The van der Waals surface area contributed by atoms with E-state index in [0.717, 1.165) is 24.9 Å². The molecule has 6 heteroatoms. The lowest BCUT2D eigenvalue weighted by Crippen LogP contribution is -2.35. The molecule has 1 aliphatic carbocycles. The molecule has 2 aromatic rings. The van der Waals surface area contributed by atoms with Gasteiger partial charge in [0.2, 0.25) is 0 Å². The minimum atomic E-state index is -3.63. The van der Waals surface area contributed by atoms with E-state index in [0.29, 0.717) is 33.6 Å². The van der Waals surface area contributed by atoms with E-state index in [2.05, 4.69) is 20.8 Å². The van der Waals surface area contributed by atoms with Gasteiger partial charge in [-0.3, -0.25) is 4.57 Å². The Hall–Kier alpha value is -1.32. The van der Waals surface area contributed by atoms with Crippen LogP contribution < -0.4 is 10.2 Å². The molecule has 31 heavy (non-hydrogen) atoms. The average Bonchev–Trinajstić information content (AvgIpc) is 2.73. The zero-order chi connectivity index (χ0) is 22.8. The second kappa shape index (κ2) is 10.1. The Labute approximate surface area is 192 Å². The first kappa shape index (κ1) is 24.3. The molecule has 1 N–H and O–H groups in total. The summed E-state index contributed by atoms with van der Waals surface area (Å²) in [5, 5.41) is 12.5. The minimum absolute atomic E-state index is 0.148. The van der Waals surface area contributed by atoms with Crippen molar-refractivity contribution in [3.63, 3.8) is 0 Å². The first-order valence-corrected chi connectivity index (χ1v) is 13.2. The molecule has 0 bridgehead atoms. The third-order valence-electron chi connectivity index (χ3n) is 6.47. The van der Waals surface area contributed by atoms with E-state index in [-0.39, 0.29) is 6.10 Å². The zero-order valence-corrected chi connectivity index (χ0v) is 20.8. The van der Waals surface area contributed by atoms with Gasteiger partial charge >= 0.3 is 0 Å². The van der Waals surface area contributed by atoms with E-state index < -0.39 is 13.2 Å². The summed E-state index contributed by atoms with van der Waals surface area (Å²) in [5.41, 5.74) is 1.55. The molecule has 0 spiro atoms. The minimum Gasteiger partial charge on any atom is -0.378 e. The maximum atomic E-state index is 14.5. The predicted molar refractivity (Wildman–Crippen MR) is 131 cm³/mol. The smallest absolute Gasteiger partial charge is 0.264 e. The van der Waals surface area contributed by atoms with Crippen molar-refractivity contribution in [2.75, 3.05) is 19.0 Å². The fourth-order valence-corrected chi connectivity index (χ4v) is 6.91. The van der Waals surface area contributed by atoms with Crippen molar-refractivity contribution < 1.29 is 14.2 Å². The van der Waals surface area contributed by atoms with Crippen LogP contribution in [0.15, 0.2) is 48.5 Å². The number of aliphatic hydroxyl groups excluding tert-OH is 1. The number of nitrogens with zero attached hydrogens (tertiary/aromatic N) is 1. The standard InChI is InChI=1S/C25H35ClNO3P/c1-17(2)23-15-6-18(3)16-24(23)30-31(29,22-13-11-21(12-14-22)27(4)5)25(28)19-7-9-20(26)10-8-19/h7-14,17-18,23-25,28H,6,15-16H2,1-5H3/t18-,23-,24-,25+,31-/m1/s1. The Bertz CT molecular complexity index is 898. The number of rotatable bonds is 7. The van der Waals surface area contributed by atoms with Crippen molar-refractivity contribution in [1.82, 2.24) is 0 Å². The quantitative estimate of drug-likeness (QED) is 0.477. The van der Waals surface area contributed by atoms with Crippen LogP contribution in [0.4, 0.5) is 5.69 Å². The molecule has 4 nitrogen and oxygen atoms in total. The Morgan fingerprint density at radius 2 is 1.68 bits per heavy atom. The van der Waals surface area contributed by atoms with Crippen molar-refractivity contribution in [2.24, 2.45) is 17.8 Å². The molecule has 2 aromatic carbocycles. The van der Waals surface area contributed by atoms with Crippen LogP contribution in [-0.2, 0) is 9.09 Å². The molecule has 0 aromatic heterocycles. The molecule has 1 fully saturated rings. The van der Waals surface area contributed by atoms with Crippen LogP contribution in [0.3, 0.4) is 0 Å². The summed E-state index contributed by atoms with van der Waals surface area (Å²) in [6.45, 7) is 6.62. The molecule has 0 radical (unpaired) electrons. The largest absolute Gasteiger partial charge is 0.378 e. The highest BCUT2D eigenvalue weighted by atomic mass is 35.5. The topological polar surface area (TPSA) is 49.8 Å². The van der Waals surface area contributed by atoms with E-state index in [4.69, 9.17) is 16.1 Å². The lowest BCUT2D eigenvalue weighted by Gasteiger charge is -2.40. The molecular weight excluding hydrogens is 429 g/mol. The maximum absolute atomic E-state index is 14.5. The SMILES string of the molecule is CC(C)[C@H]1CC[C@@H](C)C[C@H]1O[P@](=O)(c1ccc(N(C)C)cc1)[C@H](O)c1ccc(Cl)cc1. The summed E-state index contributed by atoms with van der Waals surface area (Å²) in [4.78, 5) is 1.99. The second-order valence-corrected chi connectivity index (χ2v) is 12.2. The monoisotopic (exact) mass is 463 g/mol. The fourth-order valence-electron chi connectivity index (χ4n) is 4.49. The summed E-state index contributed by atoms with van der Waals surface area (Å²) in [7, 11) is 0.297. The molecule has 3 rings (SSSR count). The number of benzene rings is 2. The highest BCUT2D eigenvalue weighted by Crippen LogP contribution is 2.60. The van der Waals surface area contributed by atoms with E-state index in [1.165, 1.54) is 0 Å². The van der Waals surface area contributed by atoms with Crippen LogP contribution >= 0.6 is 19.0 Å². The molecule has 170 valence electrons. The first-order valence-electron chi connectivity index (χ1n) is 11.1. The Morgan fingerprint density at radius 1 is 1.06 bits per heavy atom. The normalized spacial score (nSPS) is 24.6. The Kier molecular flexibility index (Phi) is 7.91. The van der Waals surface area contributed by atoms with Gasteiger partial charge in [-0.1, -0.05) is 50.9 Å². The summed E-state index contributed by atoms with van der Waals surface area (Å²) in [5.74, 6) is 0.00925. The summed E-state index contributed by atoms with van der Waals surface area (Å²) >= 11 is 6.03. The molecule has 0 unspecified atom stereocenters. The molecule has 0 saturated heterocycles. The molecule has 5 atom stereocenters. The van der Waals surface area contributed by atoms with Gasteiger partial charge in [-0.05, 0) is 72.6 Å². The number of anilines is 1. The van der Waals surface area contributed by atoms with Crippen LogP contribution in [0.5, 0.6) is 0 Å². The number of halogens is 1. The highest BCUT2D eigenvalue weighted by Gasteiger charge is 2.42. The van der Waals surface area contributed by atoms with E-state index >= 15 is 0 Å². The fraction of sp³-hybridized carbons (Fsp3) is 0.520. The molecular formula is C25H35ClNO3P. The lowest BCUT2D eigenvalue weighted by atomic mass is 9.75. The van der Waals surface area contributed by atoms with Crippen LogP contribution in [0.25, 0.3) is 0 Å². The molecule has 0 aliphatic heterocycles. The molecule has 1 aliphatic rings. The van der Waals surface area contributed by atoms with Gasteiger partial charge < -0.3 is 14.5 Å². The molecule has 0 heterocycles. The van der Waals surface area contributed by atoms with Gasteiger partial charge in [0.15, 0.2) is 5.85 Å². The van der Waals surface area contributed by atoms with Crippen LogP contribution in [0, 0.1) is 17.8 Å². The maximum Gasteiger partial charge on any atom is 0.264 e. The van der Waals surface area contributed by atoms with Crippen molar-refractivity contribution in [3.8, 4) is 0 Å². The highest BCUT2D eigenvalue weighted by molar-refractivity contribution is 7.67. The summed E-state index contributed by atoms with van der Waals surface area (Å²) < 4.78 is 21.0. The van der Waals surface area contributed by atoms with Gasteiger partial charge in [0.25, 0.3) is 7.37 Å². The van der Waals surface area contributed by atoms with Gasteiger partial charge in [0.1, 0.15) is 0 Å².